The molecule has 1 heteroatoms. The first-order valence-electron chi connectivity index (χ1n) is 8.05. The molecule has 0 atom stereocenters. The van der Waals surface area contributed by atoms with Gasteiger partial charge in [-0.15, -0.1) is 0 Å². The third-order valence-corrected chi connectivity index (χ3v) is 6.66. The van der Waals surface area contributed by atoms with Gasteiger partial charge in [-0.05, 0) is 93.3 Å². The van der Waals surface area contributed by atoms with E-state index in [4.69, 9.17) is 5.73 Å². The van der Waals surface area contributed by atoms with E-state index in [9.17, 15) is 0 Å². The van der Waals surface area contributed by atoms with Crippen molar-refractivity contribution in [2.24, 2.45) is 41.2 Å². The first kappa shape index (κ1) is 10.8. The van der Waals surface area contributed by atoms with Crippen LogP contribution in [-0.4, -0.2) is 6.04 Å². The van der Waals surface area contributed by atoms with Crippen molar-refractivity contribution in [2.75, 3.05) is 0 Å². The third kappa shape index (κ3) is 1.77. The molecule has 0 radical (unpaired) electrons. The standard InChI is InChI=1S/C16H27N/c17-15-3-1-12(2-4-15)16-13-6-10-5-11(8-13)9-14(16)7-10/h10-16H,1-9,17H2. The second kappa shape index (κ2) is 3.98. The van der Waals surface area contributed by atoms with Crippen LogP contribution in [0.25, 0.3) is 0 Å². The van der Waals surface area contributed by atoms with Gasteiger partial charge >= 0.3 is 0 Å². The monoisotopic (exact) mass is 233 g/mol. The zero-order valence-electron chi connectivity index (χ0n) is 11.0. The van der Waals surface area contributed by atoms with E-state index in [0.29, 0.717) is 6.04 Å². The molecule has 0 spiro atoms. The fourth-order valence-corrected chi connectivity index (χ4v) is 6.27. The Morgan fingerprint density at radius 3 is 1.65 bits per heavy atom. The van der Waals surface area contributed by atoms with Crippen molar-refractivity contribution in [1.29, 1.82) is 0 Å². The van der Waals surface area contributed by atoms with Crippen LogP contribution in [0.5, 0.6) is 0 Å². The normalized spacial score (nSPS) is 57.4. The molecule has 5 aliphatic carbocycles. The van der Waals surface area contributed by atoms with E-state index in [1.54, 1.807) is 32.1 Å². The minimum absolute atomic E-state index is 0.531. The maximum absolute atomic E-state index is 6.07. The molecule has 0 unspecified atom stereocenters. The molecule has 5 saturated carbocycles. The molecule has 0 saturated heterocycles. The highest BCUT2D eigenvalue weighted by Gasteiger charge is 2.50. The Bertz CT molecular complexity index is 262. The zero-order valence-corrected chi connectivity index (χ0v) is 11.0. The third-order valence-electron chi connectivity index (χ3n) is 6.66. The Morgan fingerprint density at radius 2 is 1.12 bits per heavy atom. The lowest BCUT2D eigenvalue weighted by Crippen LogP contribution is -2.48. The molecule has 2 N–H and O–H groups in total. The van der Waals surface area contributed by atoms with Crippen LogP contribution in [0.4, 0.5) is 0 Å². The van der Waals surface area contributed by atoms with E-state index in [1.165, 1.54) is 25.7 Å². The molecule has 0 aromatic rings. The SMILES string of the molecule is NC1CCC(C2C3CC4CC(C3)CC2C4)CC1. The summed E-state index contributed by atoms with van der Waals surface area (Å²) in [6.45, 7) is 0. The second-order valence-corrected chi connectivity index (χ2v) is 7.68. The molecule has 5 aliphatic rings. The smallest absolute Gasteiger partial charge is 0.00390 e. The van der Waals surface area contributed by atoms with E-state index in [-0.39, 0.29) is 0 Å². The Morgan fingerprint density at radius 1 is 0.588 bits per heavy atom. The average molecular weight is 233 g/mol. The van der Waals surface area contributed by atoms with Crippen LogP contribution < -0.4 is 5.73 Å². The number of nitrogens with two attached hydrogens (primary N) is 1. The molecular formula is C16H27N. The molecule has 96 valence electrons. The zero-order chi connectivity index (χ0) is 11.4. The molecule has 17 heavy (non-hydrogen) atoms. The molecule has 0 aromatic carbocycles. The van der Waals surface area contributed by atoms with Gasteiger partial charge in [-0.2, -0.15) is 0 Å². The van der Waals surface area contributed by atoms with Crippen molar-refractivity contribution in [3.63, 3.8) is 0 Å². The van der Waals surface area contributed by atoms with Crippen LogP contribution in [0.3, 0.4) is 0 Å². The van der Waals surface area contributed by atoms with Gasteiger partial charge < -0.3 is 5.73 Å². The van der Waals surface area contributed by atoms with Crippen molar-refractivity contribution in [3.05, 3.63) is 0 Å². The Kier molecular flexibility index (Phi) is 2.54. The molecule has 1 nitrogen and oxygen atoms in total. The van der Waals surface area contributed by atoms with Gasteiger partial charge in [-0.3, -0.25) is 0 Å². The molecular weight excluding hydrogens is 206 g/mol. The summed E-state index contributed by atoms with van der Waals surface area (Å²) < 4.78 is 0. The molecule has 0 aromatic heterocycles. The molecule has 5 fully saturated rings. The van der Waals surface area contributed by atoms with Crippen LogP contribution >= 0.6 is 0 Å². The fraction of sp³-hybridized carbons (Fsp3) is 1.00. The van der Waals surface area contributed by atoms with E-state index < -0.39 is 0 Å². The average Bonchev–Trinajstić information content (AvgIpc) is 2.30. The van der Waals surface area contributed by atoms with Gasteiger partial charge in [-0.25, -0.2) is 0 Å². The second-order valence-electron chi connectivity index (χ2n) is 7.68. The van der Waals surface area contributed by atoms with E-state index in [0.717, 1.165) is 35.5 Å². The molecule has 4 bridgehead atoms. The summed E-state index contributed by atoms with van der Waals surface area (Å²) in [5.41, 5.74) is 6.07. The minimum Gasteiger partial charge on any atom is -0.328 e. The quantitative estimate of drug-likeness (QED) is 0.736. The van der Waals surface area contributed by atoms with Crippen molar-refractivity contribution in [2.45, 2.75) is 63.8 Å². The van der Waals surface area contributed by atoms with Crippen molar-refractivity contribution < 1.29 is 0 Å². The van der Waals surface area contributed by atoms with Crippen molar-refractivity contribution >= 4 is 0 Å². The maximum Gasteiger partial charge on any atom is 0.00390 e. The lowest BCUT2D eigenvalue weighted by molar-refractivity contribution is -0.0685. The summed E-state index contributed by atoms with van der Waals surface area (Å²) in [6, 6.07) is 0.531. The predicted octanol–water partition coefficient (Wildman–Crippen LogP) is 3.58. The first-order valence-corrected chi connectivity index (χ1v) is 8.05. The summed E-state index contributed by atoms with van der Waals surface area (Å²) in [7, 11) is 0. The van der Waals surface area contributed by atoms with Crippen LogP contribution in [0.15, 0.2) is 0 Å². The van der Waals surface area contributed by atoms with Crippen LogP contribution in [0.1, 0.15) is 57.8 Å². The van der Waals surface area contributed by atoms with Gasteiger partial charge in [0.1, 0.15) is 0 Å². The maximum atomic E-state index is 6.07. The summed E-state index contributed by atoms with van der Waals surface area (Å²) >= 11 is 0. The molecule has 0 amide bonds. The highest BCUT2D eigenvalue weighted by molar-refractivity contribution is 5.00. The Balaban J connectivity index is 1.50. The summed E-state index contributed by atoms with van der Waals surface area (Å²) in [5, 5.41) is 0. The highest BCUT2D eigenvalue weighted by Crippen LogP contribution is 2.59. The molecule has 5 rings (SSSR count). The predicted molar refractivity (Wildman–Crippen MR) is 70.5 cm³/mol. The van der Waals surface area contributed by atoms with Gasteiger partial charge in [0.25, 0.3) is 0 Å². The number of rotatable bonds is 1. The van der Waals surface area contributed by atoms with E-state index in [1.807, 2.05) is 0 Å². The fourth-order valence-electron chi connectivity index (χ4n) is 6.27. The Hall–Kier alpha value is -0.0400. The molecule has 0 heterocycles. The minimum atomic E-state index is 0.531. The topological polar surface area (TPSA) is 26.0 Å². The summed E-state index contributed by atoms with van der Waals surface area (Å²) in [4.78, 5) is 0. The van der Waals surface area contributed by atoms with Crippen molar-refractivity contribution in [1.82, 2.24) is 0 Å². The van der Waals surface area contributed by atoms with Gasteiger partial charge in [0.05, 0.1) is 0 Å². The first-order chi connectivity index (χ1) is 8.29. The van der Waals surface area contributed by atoms with Gasteiger partial charge in [0.15, 0.2) is 0 Å². The lowest BCUT2D eigenvalue weighted by Gasteiger charge is -2.57. The van der Waals surface area contributed by atoms with Gasteiger partial charge in [0, 0.05) is 6.04 Å². The Labute approximate surface area is 106 Å². The van der Waals surface area contributed by atoms with E-state index >= 15 is 0 Å². The lowest BCUT2D eigenvalue weighted by atomic mass is 9.48. The highest BCUT2D eigenvalue weighted by atomic mass is 14.6. The van der Waals surface area contributed by atoms with Gasteiger partial charge in [-0.1, -0.05) is 0 Å². The van der Waals surface area contributed by atoms with Gasteiger partial charge in [0.2, 0.25) is 0 Å². The van der Waals surface area contributed by atoms with Crippen LogP contribution in [0, 0.1) is 35.5 Å². The van der Waals surface area contributed by atoms with Crippen molar-refractivity contribution in [3.8, 4) is 0 Å². The van der Waals surface area contributed by atoms with Crippen LogP contribution in [0.2, 0.25) is 0 Å². The molecule has 0 aliphatic heterocycles. The summed E-state index contributed by atoms with van der Waals surface area (Å²) in [5.74, 6) is 6.72. The summed E-state index contributed by atoms with van der Waals surface area (Å²) in [6.07, 6.45) is 13.5. The van der Waals surface area contributed by atoms with Crippen LogP contribution in [-0.2, 0) is 0 Å². The number of hydrogen-bond acceptors (Lipinski definition) is 1. The van der Waals surface area contributed by atoms with E-state index in [2.05, 4.69) is 0 Å². The number of hydrogen-bond donors (Lipinski definition) is 1. The largest absolute Gasteiger partial charge is 0.328 e.